The molecule has 0 radical (unpaired) electrons. The Labute approximate surface area is 113 Å². The molecule has 0 fully saturated rings. The highest BCUT2D eigenvalue weighted by atomic mass is 35.5. The van der Waals surface area contributed by atoms with E-state index in [1.54, 1.807) is 19.0 Å². The summed E-state index contributed by atoms with van der Waals surface area (Å²) in [6.45, 7) is 0. The molecule has 8 heteroatoms. The maximum atomic E-state index is 13.5. The highest BCUT2D eigenvalue weighted by Crippen LogP contribution is 2.20. The minimum absolute atomic E-state index is 0.0243. The zero-order valence-electron chi connectivity index (χ0n) is 10.2. The Hall–Kier alpha value is -2.02. The van der Waals surface area contributed by atoms with Crippen LogP contribution < -0.4 is 10.2 Å². The standard InChI is InChI=1S/C11H10ClF2N5/c1-19(2)11-17-9(12)16-10(18-11)15-8-4-3-6(13)5-7(8)14/h3-5H,1-2H3,(H,15,16,17,18). The third-order valence-electron chi connectivity index (χ3n) is 2.17. The molecule has 0 atom stereocenters. The highest BCUT2D eigenvalue weighted by Gasteiger charge is 2.09. The van der Waals surface area contributed by atoms with E-state index < -0.39 is 11.6 Å². The molecule has 0 saturated heterocycles. The number of hydrogen-bond acceptors (Lipinski definition) is 5. The number of rotatable bonds is 3. The van der Waals surface area contributed by atoms with Crippen LogP contribution in [0, 0.1) is 11.6 Å². The van der Waals surface area contributed by atoms with Gasteiger partial charge in [0.2, 0.25) is 17.2 Å². The van der Waals surface area contributed by atoms with E-state index in [1.807, 2.05) is 0 Å². The van der Waals surface area contributed by atoms with E-state index in [0.717, 1.165) is 12.1 Å². The van der Waals surface area contributed by atoms with Crippen molar-refractivity contribution in [1.82, 2.24) is 15.0 Å². The molecule has 0 amide bonds. The van der Waals surface area contributed by atoms with E-state index in [1.165, 1.54) is 6.07 Å². The van der Waals surface area contributed by atoms with Gasteiger partial charge < -0.3 is 10.2 Å². The largest absolute Gasteiger partial charge is 0.347 e. The number of nitrogens with zero attached hydrogens (tertiary/aromatic N) is 4. The normalized spacial score (nSPS) is 10.4. The second-order valence-electron chi connectivity index (χ2n) is 3.87. The summed E-state index contributed by atoms with van der Waals surface area (Å²) in [5.74, 6) is -1.01. The van der Waals surface area contributed by atoms with Gasteiger partial charge in [0.15, 0.2) is 0 Å². The van der Waals surface area contributed by atoms with Crippen LogP contribution in [0.2, 0.25) is 5.28 Å². The molecule has 0 aliphatic carbocycles. The summed E-state index contributed by atoms with van der Waals surface area (Å²) in [5, 5.41) is 2.60. The van der Waals surface area contributed by atoms with Crippen molar-refractivity contribution < 1.29 is 8.78 Å². The first-order valence-corrected chi connectivity index (χ1v) is 5.64. The van der Waals surface area contributed by atoms with Crippen LogP contribution in [0.15, 0.2) is 18.2 Å². The lowest BCUT2D eigenvalue weighted by Gasteiger charge is -2.12. The Kier molecular flexibility index (Phi) is 3.75. The minimum atomic E-state index is -0.747. The summed E-state index contributed by atoms with van der Waals surface area (Å²) in [4.78, 5) is 13.4. The van der Waals surface area contributed by atoms with Crippen LogP contribution in [-0.2, 0) is 0 Å². The van der Waals surface area contributed by atoms with Crippen molar-refractivity contribution in [2.24, 2.45) is 0 Å². The second-order valence-corrected chi connectivity index (χ2v) is 4.21. The summed E-state index contributed by atoms with van der Waals surface area (Å²) in [6, 6.07) is 3.14. The fourth-order valence-electron chi connectivity index (χ4n) is 1.31. The highest BCUT2D eigenvalue weighted by molar-refractivity contribution is 6.28. The van der Waals surface area contributed by atoms with Crippen LogP contribution in [0.4, 0.5) is 26.4 Å². The van der Waals surface area contributed by atoms with Gasteiger partial charge in [-0.3, -0.25) is 0 Å². The van der Waals surface area contributed by atoms with Crippen molar-refractivity contribution in [2.45, 2.75) is 0 Å². The summed E-state index contributed by atoms with van der Waals surface area (Å²) >= 11 is 5.74. The van der Waals surface area contributed by atoms with Crippen molar-refractivity contribution in [3.63, 3.8) is 0 Å². The molecule has 0 aliphatic rings. The van der Waals surface area contributed by atoms with Crippen LogP contribution in [0.5, 0.6) is 0 Å². The maximum absolute atomic E-state index is 13.5. The Balaban J connectivity index is 2.32. The van der Waals surface area contributed by atoms with Crippen molar-refractivity contribution in [3.8, 4) is 0 Å². The molecule has 0 spiro atoms. The first kappa shape index (κ1) is 13.4. The van der Waals surface area contributed by atoms with Gasteiger partial charge in [-0.05, 0) is 23.7 Å². The summed E-state index contributed by atoms with van der Waals surface area (Å²) < 4.78 is 26.3. The number of benzene rings is 1. The Morgan fingerprint density at radius 3 is 2.53 bits per heavy atom. The average Bonchev–Trinajstić information content (AvgIpc) is 2.32. The van der Waals surface area contributed by atoms with E-state index in [0.29, 0.717) is 5.95 Å². The molecule has 1 heterocycles. The molecule has 5 nitrogen and oxygen atoms in total. The molecular weight excluding hydrogens is 276 g/mol. The van der Waals surface area contributed by atoms with Gasteiger partial charge in [0, 0.05) is 20.2 Å². The summed E-state index contributed by atoms with van der Waals surface area (Å²) in [7, 11) is 3.46. The Bertz CT molecular complexity index is 606. The molecule has 2 aromatic rings. The predicted octanol–water partition coefficient (Wildman–Crippen LogP) is 2.61. The molecular formula is C11H10ClF2N5. The minimum Gasteiger partial charge on any atom is -0.347 e. The molecule has 0 unspecified atom stereocenters. The molecule has 19 heavy (non-hydrogen) atoms. The molecule has 0 saturated carbocycles. The number of nitrogens with one attached hydrogen (secondary N) is 1. The van der Waals surface area contributed by atoms with Crippen molar-refractivity contribution in [1.29, 1.82) is 0 Å². The molecule has 1 N–H and O–H groups in total. The summed E-state index contributed by atoms with van der Waals surface area (Å²) in [5.41, 5.74) is 0.0494. The van der Waals surface area contributed by atoms with Crippen molar-refractivity contribution in [2.75, 3.05) is 24.3 Å². The Morgan fingerprint density at radius 2 is 1.89 bits per heavy atom. The van der Waals surface area contributed by atoms with Crippen molar-refractivity contribution >= 4 is 29.2 Å². The van der Waals surface area contributed by atoms with Gasteiger partial charge in [-0.1, -0.05) is 0 Å². The zero-order chi connectivity index (χ0) is 14.0. The molecule has 100 valence electrons. The zero-order valence-corrected chi connectivity index (χ0v) is 10.9. The molecule has 0 bridgehead atoms. The van der Waals surface area contributed by atoms with Gasteiger partial charge in [0.25, 0.3) is 0 Å². The third kappa shape index (κ3) is 3.25. The van der Waals surface area contributed by atoms with E-state index >= 15 is 0 Å². The summed E-state index contributed by atoms with van der Waals surface area (Å²) in [6.07, 6.45) is 0. The quantitative estimate of drug-likeness (QED) is 0.939. The molecule has 1 aromatic heterocycles. The van der Waals surface area contributed by atoms with E-state index in [2.05, 4.69) is 20.3 Å². The molecule has 1 aromatic carbocycles. The number of halogens is 3. The first-order valence-electron chi connectivity index (χ1n) is 5.26. The van der Waals surface area contributed by atoms with E-state index in [4.69, 9.17) is 11.6 Å². The number of anilines is 3. The van der Waals surface area contributed by atoms with Crippen LogP contribution in [0.25, 0.3) is 0 Å². The van der Waals surface area contributed by atoms with Gasteiger partial charge in [0.1, 0.15) is 11.6 Å². The van der Waals surface area contributed by atoms with Crippen LogP contribution in [-0.4, -0.2) is 29.0 Å². The first-order chi connectivity index (χ1) is 8.95. The van der Waals surface area contributed by atoms with E-state index in [9.17, 15) is 8.78 Å². The van der Waals surface area contributed by atoms with Crippen LogP contribution in [0.1, 0.15) is 0 Å². The van der Waals surface area contributed by atoms with E-state index in [-0.39, 0.29) is 16.9 Å². The fourth-order valence-corrected chi connectivity index (χ4v) is 1.46. The monoisotopic (exact) mass is 285 g/mol. The number of aromatic nitrogens is 3. The molecule has 2 rings (SSSR count). The SMILES string of the molecule is CN(C)c1nc(Cl)nc(Nc2ccc(F)cc2F)n1. The Morgan fingerprint density at radius 1 is 1.16 bits per heavy atom. The smallest absolute Gasteiger partial charge is 0.233 e. The van der Waals surface area contributed by atoms with Gasteiger partial charge in [0.05, 0.1) is 5.69 Å². The number of hydrogen-bond donors (Lipinski definition) is 1. The lowest BCUT2D eigenvalue weighted by atomic mass is 10.3. The van der Waals surface area contributed by atoms with Crippen LogP contribution in [0.3, 0.4) is 0 Å². The predicted molar refractivity (Wildman–Crippen MR) is 68.8 cm³/mol. The van der Waals surface area contributed by atoms with Crippen molar-refractivity contribution in [3.05, 3.63) is 35.1 Å². The van der Waals surface area contributed by atoms with Crippen LogP contribution >= 0.6 is 11.6 Å². The second kappa shape index (κ2) is 5.31. The van der Waals surface area contributed by atoms with Gasteiger partial charge in [-0.25, -0.2) is 8.78 Å². The maximum Gasteiger partial charge on any atom is 0.233 e. The average molecular weight is 286 g/mol. The topological polar surface area (TPSA) is 53.9 Å². The fraction of sp³-hybridized carbons (Fsp3) is 0.182. The van der Waals surface area contributed by atoms with Gasteiger partial charge in [-0.2, -0.15) is 15.0 Å². The third-order valence-corrected chi connectivity index (χ3v) is 2.34. The lowest BCUT2D eigenvalue weighted by Crippen LogP contribution is -2.14. The lowest BCUT2D eigenvalue weighted by molar-refractivity contribution is 0.586. The molecule has 0 aliphatic heterocycles. The van der Waals surface area contributed by atoms with Gasteiger partial charge in [-0.15, -0.1) is 0 Å². The van der Waals surface area contributed by atoms with Gasteiger partial charge >= 0.3 is 0 Å².